The molecule has 2 aromatic carbocycles. The molecule has 0 saturated heterocycles. The fourth-order valence-corrected chi connectivity index (χ4v) is 7.84. The molecule has 2 heterocycles. The maximum absolute atomic E-state index is 14.2. The highest BCUT2D eigenvalue weighted by Gasteiger charge is 2.50. The summed E-state index contributed by atoms with van der Waals surface area (Å²) in [5.74, 6) is -0.290. The van der Waals surface area contributed by atoms with E-state index in [1.165, 1.54) is 6.07 Å². The fraction of sp³-hybridized carbons (Fsp3) is 0.458. The van der Waals surface area contributed by atoms with E-state index in [1.807, 2.05) is 13.0 Å². The number of H-pyrrole nitrogens is 1. The molecule has 1 aromatic heterocycles. The largest absolute Gasteiger partial charge is 0.417 e. The van der Waals surface area contributed by atoms with Gasteiger partial charge in [0.15, 0.2) is 5.58 Å². The van der Waals surface area contributed by atoms with Crippen LogP contribution in [0, 0.1) is 13.8 Å². The van der Waals surface area contributed by atoms with Gasteiger partial charge in [0.25, 0.3) is 10.0 Å². The number of hydrogen-bond acceptors (Lipinski definition) is 4. The number of aromatic amines is 1. The van der Waals surface area contributed by atoms with Gasteiger partial charge in [-0.05, 0) is 67.9 Å². The number of aryl methyl sites for hydroxylation is 2. The Balaban J connectivity index is 1.77. The summed E-state index contributed by atoms with van der Waals surface area (Å²) in [5.41, 5.74) is 4.42. The number of nitrogens with one attached hydrogen (secondary N) is 1. The van der Waals surface area contributed by atoms with Crippen LogP contribution >= 0.6 is 0 Å². The van der Waals surface area contributed by atoms with Crippen LogP contribution in [-0.4, -0.2) is 18.9 Å². The van der Waals surface area contributed by atoms with Crippen LogP contribution in [0.15, 0.2) is 44.4 Å². The lowest BCUT2D eigenvalue weighted by Crippen LogP contribution is -2.56. The SMILES string of the molecule is Cc1ccc(C)c2c1[C@H](C)CC1(CCCCC1)N2S(=O)(=O)c1ccc2[nH]c(=O)oc2c1. The fourth-order valence-electron chi connectivity index (χ4n) is 5.89. The van der Waals surface area contributed by atoms with Crippen LogP contribution in [0.3, 0.4) is 0 Å². The lowest BCUT2D eigenvalue weighted by atomic mass is 9.70. The van der Waals surface area contributed by atoms with E-state index in [0.717, 1.165) is 60.9 Å². The van der Waals surface area contributed by atoms with E-state index in [9.17, 15) is 13.2 Å². The maximum atomic E-state index is 14.2. The number of hydrogen-bond donors (Lipinski definition) is 1. The van der Waals surface area contributed by atoms with Crippen LogP contribution < -0.4 is 10.1 Å². The van der Waals surface area contributed by atoms with Crippen molar-refractivity contribution >= 4 is 26.8 Å². The zero-order chi connectivity index (χ0) is 22.0. The quantitative estimate of drug-likeness (QED) is 0.598. The highest BCUT2D eigenvalue weighted by molar-refractivity contribution is 7.93. The van der Waals surface area contributed by atoms with E-state index in [4.69, 9.17) is 4.42 Å². The Morgan fingerprint density at radius 3 is 2.52 bits per heavy atom. The van der Waals surface area contributed by atoms with Gasteiger partial charge in [-0.1, -0.05) is 38.3 Å². The molecule has 1 fully saturated rings. The van der Waals surface area contributed by atoms with Crippen molar-refractivity contribution < 1.29 is 12.8 Å². The van der Waals surface area contributed by atoms with Gasteiger partial charge in [-0.3, -0.25) is 9.29 Å². The zero-order valence-corrected chi connectivity index (χ0v) is 19.0. The molecule has 5 rings (SSSR count). The normalized spacial score (nSPS) is 20.9. The van der Waals surface area contributed by atoms with Crippen molar-refractivity contribution in [1.82, 2.24) is 4.98 Å². The minimum atomic E-state index is -3.87. The van der Waals surface area contributed by atoms with Crippen molar-refractivity contribution in [3.8, 4) is 0 Å². The molecule has 2 aliphatic rings. The molecular weight excluding hydrogens is 412 g/mol. The predicted molar refractivity (Wildman–Crippen MR) is 121 cm³/mol. The lowest BCUT2D eigenvalue weighted by Gasteiger charge is -2.52. The van der Waals surface area contributed by atoms with Crippen LogP contribution in [0.2, 0.25) is 0 Å². The Kier molecular flexibility index (Phi) is 4.59. The van der Waals surface area contributed by atoms with E-state index >= 15 is 0 Å². The zero-order valence-electron chi connectivity index (χ0n) is 18.2. The summed E-state index contributed by atoms with van der Waals surface area (Å²) >= 11 is 0. The Morgan fingerprint density at radius 2 is 1.77 bits per heavy atom. The molecule has 1 saturated carbocycles. The smallest absolute Gasteiger partial charge is 0.408 e. The molecule has 1 aliphatic carbocycles. The van der Waals surface area contributed by atoms with Gasteiger partial charge in [0.2, 0.25) is 0 Å². The average Bonchev–Trinajstić information content (AvgIpc) is 3.10. The summed E-state index contributed by atoms with van der Waals surface area (Å²) in [6, 6.07) is 8.77. The van der Waals surface area contributed by atoms with E-state index in [-0.39, 0.29) is 10.5 Å². The van der Waals surface area contributed by atoms with Gasteiger partial charge in [0, 0.05) is 6.07 Å². The van der Waals surface area contributed by atoms with Crippen LogP contribution in [0.5, 0.6) is 0 Å². The molecule has 1 spiro atoms. The van der Waals surface area contributed by atoms with Crippen LogP contribution in [0.25, 0.3) is 11.1 Å². The highest BCUT2D eigenvalue weighted by atomic mass is 32.2. The first-order valence-electron chi connectivity index (χ1n) is 11.0. The molecule has 1 aliphatic heterocycles. The summed E-state index contributed by atoms with van der Waals surface area (Å²) in [6.07, 6.45) is 5.76. The van der Waals surface area contributed by atoms with Crippen LogP contribution in [0.4, 0.5) is 5.69 Å². The van der Waals surface area contributed by atoms with Crippen LogP contribution in [-0.2, 0) is 10.0 Å². The van der Waals surface area contributed by atoms with Gasteiger partial charge in [-0.15, -0.1) is 0 Å². The van der Waals surface area contributed by atoms with E-state index in [0.29, 0.717) is 11.4 Å². The number of aromatic nitrogens is 1. The molecule has 6 nitrogen and oxygen atoms in total. The summed E-state index contributed by atoms with van der Waals surface area (Å²) in [5, 5.41) is 0. The minimum absolute atomic E-state index is 0.161. The number of rotatable bonds is 2. The molecule has 0 radical (unpaired) electrons. The van der Waals surface area contributed by atoms with Gasteiger partial charge >= 0.3 is 5.76 Å². The monoisotopic (exact) mass is 440 g/mol. The molecule has 1 atom stereocenters. The third-order valence-corrected chi connectivity index (χ3v) is 9.06. The second kappa shape index (κ2) is 6.99. The molecule has 164 valence electrons. The van der Waals surface area contributed by atoms with Crippen molar-refractivity contribution in [2.45, 2.75) is 75.6 Å². The van der Waals surface area contributed by atoms with Crippen LogP contribution in [0.1, 0.15) is 68.1 Å². The van der Waals surface area contributed by atoms with Gasteiger partial charge in [-0.2, -0.15) is 0 Å². The third kappa shape index (κ3) is 3.04. The molecule has 3 aromatic rings. The van der Waals surface area contributed by atoms with E-state index in [1.54, 1.807) is 16.4 Å². The van der Waals surface area contributed by atoms with E-state index in [2.05, 4.69) is 24.9 Å². The topological polar surface area (TPSA) is 83.4 Å². The molecular formula is C24H28N2O4S. The second-order valence-electron chi connectivity index (χ2n) is 9.29. The first-order valence-corrected chi connectivity index (χ1v) is 12.5. The molecule has 0 amide bonds. The van der Waals surface area contributed by atoms with Crippen molar-refractivity contribution in [1.29, 1.82) is 0 Å². The Bertz CT molecular complexity index is 1330. The van der Waals surface area contributed by atoms with Crippen molar-refractivity contribution in [3.05, 3.63) is 57.6 Å². The maximum Gasteiger partial charge on any atom is 0.417 e. The Morgan fingerprint density at radius 1 is 1.06 bits per heavy atom. The number of fused-ring (bicyclic) bond motifs is 2. The van der Waals surface area contributed by atoms with Gasteiger partial charge in [0.05, 0.1) is 21.6 Å². The van der Waals surface area contributed by atoms with Gasteiger partial charge in [-0.25, -0.2) is 13.2 Å². The molecule has 0 bridgehead atoms. The average molecular weight is 441 g/mol. The van der Waals surface area contributed by atoms with Crippen molar-refractivity contribution in [3.63, 3.8) is 0 Å². The number of oxazole rings is 1. The van der Waals surface area contributed by atoms with Crippen molar-refractivity contribution in [2.75, 3.05) is 4.31 Å². The summed E-state index contributed by atoms with van der Waals surface area (Å²) in [6.45, 7) is 6.30. The van der Waals surface area contributed by atoms with Gasteiger partial charge < -0.3 is 4.42 Å². The molecule has 0 unspecified atom stereocenters. The second-order valence-corrected chi connectivity index (χ2v) is 11.1. The van der Waals surface area contributed by atoms with Crippen molar-refractivity contribution in [2.24, 2.45) is 0 Å². The summed E-state index contributed by atoms with van der Waals surface area (Å²) in [7, 11) is -3.87. The first kappa shape index (κ1) is 20.4. The minimum Gasteiger partial charge on any atom is -0.408 e. The number of sulfonamides is 1. The molecule has 7 heteroatoms. The summed E-state index contributed by atoms with van der Waals surface area (Å²) in [4.78, 5) is 14.3. The Hall–Kier alpha value is -2.54. The lowest BCUT2D eigenvalue weighted by molar-refractivity contribution is 0.257. The predicted octanol–water partition coefficient (Wildman–Crippen LogP) is 5.14. The number of nitrogens with zero attached hydrogens (tertiary/aromatic N) is 1. The summed E-state index contributed by atoms with van der Waals surface area (Å²) < 4.78 is 35.4. The van der Waals surface area contributed by atoms with Gasteiger partial charge in [0.1, 0.15) is 0 Å². The Labute approximate surface area is 182 Å². The third-order valence-electron chi connectivity index (χ3n) is 7.16. The van der Waals surface area contributed by atoms with E-state index < -0.39 is 21.3 Å². The highest BCUT2D eigenvalue weighted by Crippen LogP contribution is 2.53. The first-order chi connectivity index (χ1) is 14.7. The molecule has 31 heavy (non-hydrogen) atoms. The number of benzene rings is 2. The number of anilines is 1. The standard InChI is InChI=1S/C24H28N2O4S/c1-15-7-8-16(2)22-21(15)17(3)14-24(11-5-4-6-12-24)26(22)31(28,29)18-9-10-19-20(13-18)30-23(27)25-19/h7-10,13,17H,4-6,11-12,14H2,1-3H3,(H,25,27)/t17-/m1/s1. The molecule has 1 N–H and O–H groups in total.